The Morgan fingerprint density at radius 2 is 2.00 bits per heavy atom. The third-order valence-corrected chi connectivity index (χ3v) is 3.41. The van der Waals surface area contributed by atoms with Crippen LogP contribution in [0.1, 0.15) is 19.3 Å². The summed E-state index contributed by atoms with van der Waals surface area (Å²) in [6, 6.07) is 9.68. The molecule has 0 atom stereocenters. The topological polar surface area (TPSA) is 44.8 Å². The van der Waals surface area contributed by atoms with Crippen molar-refractivity contribution in [2.75, 3.05) is 33.3 Å². The SMILES string of the molecule is CN(C(=O)NCCCOc1ccccc1)N1CCCC1. The van der Waals surface area contributed by atoms with Crippen LogP contribution in [-0.2, 0) is 0 Å². The minimum Gasteiger partial charge on any atom is -0.494 e. The quantitative estimate of drug-likeness (QED) is 0.810. The second-order valence-corrected chi connectivity index (χ2v) is 4.93. The van der Waals surface area contributed by atoms with Crippen molar-refractivity contribution in [2.24, 2.45) is 0 Å². The molecule has 20 heavy (non-hydrogen) atoms. The zero-order valence-electron chi connectivity index (χ0n) is 12.0. The van der Waals surface area contributed by atoms with Crippen LogP contribution in [0.15, 0.2) is 30.3 Å². The van der Waals surface area contributed by atoms with Crippen LogP contribution < -0.4 is 10.1 Å². The number of para-hydroxylation sites is 1. The second-order valence-electron chi connectivity index (χ2n) is 4.93. The molecule has 1 aromatic rings. The van der Waals surface area contributed by atoms with Crippen molar-refractivity contribution in [1.82, 2.24) is 15.3 Å². The normalized spacial score (nSPS) is 15.1. The van der Waals surface area contributed by atoms with Gasteiger partial charge in [0.2, 0.25) is 0 Å². The van der Waals surface area contributed by atoms with Gasteiger partial charge in [-0.2, -0.15) is 0 Å². The van der Waals surface area contributed by atoms with Crippen molar-refractivity contribution in [2.45, 2.75) is 19.3 Å². The van der Waals surface area contributed by atoms with Crippen LogP contribution in [0.25, 0.3) is 0 Å². The van der Waals surface area contributed by atoms with Gasteiger partial charge in [-0.05, 0) is 31.4 Å². The lowest BCUT2D eigenvalue weighted by Crippen LogP contribution is -2.47. The molecule has 2 rings (SSSR count). The van der Waals surface area contributed by atoms with Gasteiger partial charge in [-0.3, -0.25) is 5.01 Å². The molecule has 1 aliphatic heterocycles. The maximum atomic E-state index is 11.9. The average molecular weight is 277 g/mol. The Morgan fingerprint density at radius 1 is 1.30 bits per heavy atom. The average Bonchev–Trinajstić information content (AvgIpc) is 3.01. The van der Waals surface area contributed by atoms with E-state index in [1.807, 2.05) is 37.4 Å². The maximum Gasteiger partial charge on any atom is 0.331 e. The van der Waals surface area contributed by atoms with Crippen LogP contribution >= 0.6 is 0 Å². The Labute approximate surface area is 120 Å². The summed E-state index contributed by atoms with van der Waals surface area (Å²) in [5, 5.41) is 6.68. The number of carbonyl (C=O) groups is 1. The Hall–Kier alpha value is -1.75. The summed E-state index contributed by atoms with van der Waals surface area (Å²) < 4.78 is 5.57. The van der Waals surface area contributed by atoms with Crippen LogP contribution in [0.5, 0.6) is 5.75 Å². The highest BCUT2D eigenvalue weighted by atomic mass is 16.5. The Balaban J connectivity index is 1.57. The number of hydrogen-bond donors (Lipinski definition) is 1. The van der Waals surface area contributed by atoms with Gasteiger partial charge >= 0.3 is 6.03 Å². The highest BCUT2D eigenvalue weighted by molar-refractivity contribution is 5.73. The molecule has 0 bridgehead atoms. The van der Waals surface area contributed by atoms with Gasteiger partial charge in [0, 0.05) is 26.7 Å². The lowest BCUT2D eigenvalue weighted by Gasteiger charge is -2.27. The van der Waals surface area contributed by atoms with E-state index in [1.54, 1.807) is 5.01 Å². The third-order valence-electron chi connectivity index (χ3n) is 3.41. The first-order valence-electron chi connectivity index (χ1n) is 7.21. The molecule has 0 saturated carbocycles. The molecule has 1 saturated heterocycles. The number of benzene rings is 1. The summed E-state index contributed by atoms with van der Waals surface area (Å²) in [5.41, 5.74) is 0. The largest absolute Gasteiger partial charge is 0.494 e. The summed E-state index contributed by atoms with van der Waals surface area (Å²) >= 11 is 0. The molecule has 1 fully saturated rings. The first-order valence-corrected chi connectivity index (χ1v) is 7.21. The number of hydrazine groups is 1. The van der Waals surface area contributed by atoms with Gasteiger partial charge in [0.1, 0.15) is 5.75 Å². The van der Waals surface area contributed by atoms with Crippen LogP contribution in [0.3, 0.4) is 0 Å². The van der Waals surface area contributed by atoms with E-state index in [1.165, 1.54) is 12.8 Å². The Kier molecular flexibility index (Phi) is 5.68. The number of hydrogen-bond acceptors (Lipinski definition) is 3. The smallest absolute Gasteiger partial charge is 0.331 e. The van der Waals surface area contributed by atoms with Gasteiger partial charge in [-0.25, -0.2) is 9.80 Å². The van der Waals surface area contributed by atoms with E-state index in [0.29, 0.717) is 13.2 Å². The fourth-order valence-electron chi connectivity index (χ4n) is 2.22. The minimum atomic E-state index is -0.0355. The molecule has 1 N–H and O–H groups in total. The van der Waals surface area contributed by atoms with Crippen LogP contribution in [-0.4, -0.2) is 49.3 Å². The molecule has 1 heterocycles. The molecule has 0 spiro atoms. The molecule has 1 aliphatic rings. The van der Waals surface area contributed by atoms with Crippen molar-refractivity contribution in [3.8, 4) is 5.75 Å². The van der Waals surface area contributed by atoms with Gasteiger partial charge in [0.25, 0.3) is 0 Å². The lowest BCUT2D eigenvalue weighted by atomic mass is 10.3. The fraction of sp³-hybridized carbons (Fsp3) is 0.533. The molecular formula is C15H23N3O2. The Morgan fingerprint density at radius 3 is 2.70 bits per heavy atom. The van der Waals surface area contributed by atoms with E-state index in [0.717, 1.165) is 25.3 Å². The summed E-state index contributed by atoms with van der Waals surface area (Å²) in [6.07, 6.45) is 3.14. The highest BCUT2D eigenvalue weighted by Gasteiger charge is 2.19. The fourth-order valence-corrected chi connectivity index (χ4v) is 2.22. The second kappa shape index (κ2) is 7.75. The molecule has 0 unspecified atom stereocenters. The minimum absolute atomic E-state index is 0.0355. The van der Waals surface area contributed by atoms with Crippen molar-refractivity contribution in [3.63, 3.8) is 0 Å². The van der Waals surface area contributed by atoms with Gasteiger partial charge in [-0.15, -0.1) is 0 Å². The summed E-state index contributed by atoms with van der Waals surface area (Å²) in [7, 11) is 1.82. The van der Waals surface area contributed by atoms with Gasteiger partial charge in [-0.1, -0.05) is 18.2 Å². The van der Waals surface area contributed by atoms with Crippen LogP contribution in [0.2, 0.25) is 0 Å². The van der Waals surface area contributed by atoms with Crippen molar-refractivity contribution >= 4 is 6.03 Å². The molecular weight excluding hydrogens is 254 g/mol. The molecule has 0 aromatic heterocycles. The first kappa shape index (κ1) is 14.7. The number of amides is 2. The van der Waals surface area contributed by atoms with E-state index < -0.39 is 0 Å². The lowest BCUT2D eigenvalue weighted by molar-refractivity contribution is 0.0600. The molecule has 5 nitrogen and oxygen atoms in total. The molecule has 0 radical (unpaired) electrons. The summed E-state index contributed by atoms with van der Waals surface area (Å²) in [6.45, 7) is 3.18. The van der Waals surface area contributed by atoms with Crippen molar-refractivity contribution in [3.05, 3.63) is 30.3 Å². The summed E-state index contributed by atoms with van der Waals surface area (Å²) in [4.78, 5) is 11.9. The van der Waals surface area contributed by atoms with Crippen LogP contribution in [0.4, 0.5) is 4.79 Å². The zero-order chi connectivity index (χ0) is 14.2. The molecule has 0 aliphatic carbocycles. The molecule has 2 amide bonds. The van der Waals surface area contributed by atoms with E-state index >= 15 is 0 Å². The van der Waals surface area contributed by atoms with E-state index in [-0.39, 0.29) is 6.03 Å². The zero-order valence-corrected chi connectivity index (χ0v) is 12.0. The number of nitrogens with zero attached hydrogens (tertiary/aromatic N) is 2. The maximum absolute atomic E-state index is 11.9. The number of carbonyl (C=O) groups excluding carboxylic acids is 1. The van der Waals surface area contributed by atoms with E-state index in [4.69, 9.17) is 4.74 Å². The first-order chi connectivity index (χ1) is 9.77. The predicted molar refractivity (Wildman–Crippen MR) is 78.5 cm³/mol. The van der Waals surface area contributed by atoms with Crippen molar-refractivity contribution < 1.29 is 9.53 Å². The van der Waals surface area contributed by atoms with Crippen LogP contribution in [0, 0.1) is 0 Å². The van der Waals surface area contributed by atoms with E-state index in [2.05, 4.69) is 10.3 Å². The van der Waals surface area contributed by atoms with Gasteiger partial charge in [0.15, 0.2) is 0 Å². The van der Waals surface area contributed by atoms with Gasteiger partial charge in [0.05, 0.1) is 6.61 Å². The summed E-state index contributed by atoms with van der Waals surface area (Å²) in [5.74, 6) is 0.869. The molecule has 110 valence electrons. The highest BCUT2D eigenvalue weighted by Crippen LogP contribution is 2.10. The standard InChI is InChI=1S/C15H23N3O2/c1-17(18-11-5-6-12-18)15(19)16-10-7-13-20-14-8-3-2-4-9-14/h2-4,8-9H,5-7,10-13H2,1H3,(H,16,19). The molecule has 5 heteroatoms. The number of rotatable bonds is 6. The number of urea groups is 1. The Bertz CT molecular complexity index is 405. The van der Waals surface area contributed by atoms with E-state index in [9.17, 15) is 4.79 Å². The third kappa shape index (κ3) is 4.42. The predicted octanol–water partition coefficient (Wildman–Crippen LogP) is 2.11. The van der Waals surface area contributed by atoms with Crippen molar-refractivity contribution in [1.29, 1.82) is 0 Å². The number of nitrogens with one attached hydrogen (secondary N) is 1. The number of ether oxygens (including phenoxy) is 1. The monoisotopic (exact) mass is 277 g/mol. The molecule has 1 aromatic carbocycles. The van der Waals surface area contributed by atoms with Gasteiger partial charge < -0.3 is 10.1 Å².